The summed E-state index contributed by atoms with van der Waals surface area (Å²) in [6, 6.07) is 10.4. The minimum Gasteiger partial charge on any atom is -0.384 e. The van der Waals surface area contributed by atoms with E-state index in [4.69, 9.17) is 11.1 Å². The summed E-state index contributed by atoms with van der Waals surface area (Å²) in [5.74, 6) is 0.961. The van der Waals surface area contributed by atoms with Crippen molar-refractivity contribution < 1.29 is 0 Å². The molecule has 5 heteroatoms. The maximum Gasteiger partial charge on any atom is 0.137 e. The van der Waals surface area contributed by atoms with Crippen molar-refractivity contribution >= 4 is 11.7 Å². The van der Waals surface area contributed by atoms with E-state index in [1.54, 1.807) is 4.68 Å². The van der Waals surface area contributed by atoms with Crippen LogP contribution in [0, 0.1) is 12.3 Å². The predicted octanol–water partition coefficient (Wildman–Crippen LogP) is 1.69. The number of aryl methyl sites for hydroxylation is 2. The number of amidine groups is 1. The molecular weight excluding hydrogens is 250 g/mol. The molecule has 0 atom stereocenters. The number of nitrogens with zero attached hydrogens (tertiary/aromatic N) is 3. The fourth-order valence-corrected chi connectivity index (χ4v) is 2.45. The minimum absolute atomic E-state index is 0.0668. The second kappa shape index (κ2) is 5.77. The number of hydrogen-bond donors (Lipinski definition) is 2. The van der Waals surface area contributed by atoms with Gasteiger partial charge >= 0.3 is 0 Å². The average Bonchev–Trinajstić information content (AvgIpc) is 2.72. The van der Waals surface area contributed by atoms with Gasteiger partial charge in [0.25, 0.3) is 0 Å². The summed E-state index contributed by atoms with van der Waals surface area (Å²) in [7, 11) is 3.89. The van der Waals surface area contributed by atoms with E-state index < -0.39 is 0 Å². The highest BCUT2D eigenvalue weighted by Gasteiger charge is 2.18. The summed E-state index contributed by atoms with van der Waals surface area (Å²) in [6.45, 7) is 2.73. The van der Waals surface area contributed by atoms with Crippen LogP contribution in [0.2, 0.25) is 0 Å². The van der Waals surface area contributed by atoms with Crippen molar-refractivity contribution in [2.45, 2.75) is 13.3 Å². The standard InChI is InChI=1S/C15H21N5/c1-11-13(14(16)17)15(20(3)18-11)19(2)10-9-12-7-5-4-6-8-12/h4-8H,9-10H2,1-3H3,(H3,16,17). The number of hydrogen-bond acceptors (Lipinski definition) is 3. The first kappa shape index (κ1) is 14.1. The Morgan fingerprint density at radius 3 is 2.60 bits per heavy atom. The third kappa shape index (κ3) is 2.82. The largest absolute Gasteiger partial charge is 0.384 e. The minimum atomic E-state index is 0.0668. The summed E-state index contributed by atoms with van der Waals surface area (Å²) in [5.41, 5.74) is 8.49. The molecule has 0 unspecified atom stereocenters. The zero-order valence-electron chi connectivity index (χ0n) is 12.2. The van der Waals surface area contributed by atoms with Crippen LogP contribution in [0.3, 0.4) is 0 Å². The number of benzene rings is 1. The molecule has 0 aliphatic carbocycles. The Kier molecular flexibility index (Phi) is 4.08. The highest BCUT2D eigenvalue weighted by atomic mass is 15.4. The van der Waals surface area contributed by atoms with Gasteiger partial charge in [0, 0.05) is 20.6 Å². The number of nitrogens with two attached hydrogens (primary N) is 1. The number of nitrogen functional groups attached to an aromatic ring is 1. The quantitative estimate of drug-likeness (QED) is 0.642. The van der Waals surface area contributed by atoms with E-state index in [0.29, 0.717) is 0 Å². The molecule has 5 nitrogen and oxygen atoms in total. The zero-order valence-corrected chi connectivity index (χ0v) is 12.2. The summed E-state index contributed by atoms with van der Waals surface area (Å²) < 4.78 is 1.79. The van der Waals surface area contributed by atoms with Crippen LogP contribution in [0.4, 0.5) is 5.82 Å². The van der Waals surface area contributed by atoms with E-state index in [1.807, 2.05) is 39.2 Å². The monoisotopic (exact) mass is 271 g/mol. The lowest BCUT2D eigenvalue weighted by Gasteiger charge is -2.20. The van der Waals surface area contributed by atoms with Crippen molar-refractivity contribution in [2.24, 2.45) is 12.8 Å². The molecule has 0 fully saturated rings. The summed E-state index contributed by atoms with van der Waals surface area (Å²) in [5, 5.41) is 12.1. The first-order valence-electron chi connectivity index (χ1n) is 6.63. The fourth-order valence-electron chi connectivity index (χ4n) is 2.45. The number of anilines is 1. The molecule has 0 saturated carbocycles. The summed E-state index contributed by atoms with van der Waals surface area (Å²) >= 11 is 0. The van der Waals surface area contributed by atoms with Crippen molar-refractivity contribution in [2.75, 3.05) is 18.5 Å². The summed E-state index contributed by atoms with van der Waals surface area (Å²) in [6.07, 6.45) is 0.943. The van der Waals surface area contributed by atoms with Gasteiger partial charge in [0.1, 0.15) is 11.7 Å². The molecule has 1 heterocycles. The van der Waals surface area contributed by atoms with Crippen LogP contribution >= 0.6 is 0 Å². The van der Waals surface area contributed by atoms with Crippen molar-refractivity contribution in [3.8, 4) is 0 Å². The van der Waals surface area contributed by atoms with E-state index in [9.17, 15) is 0 Å². The molecule has 1 aromatic carbocycles. The Balaban J connectivity index is 2.17. The molecular formula is C15H21N5. The SMILES string of the molecule is Cc1nn(C)c(N(C)CCc2ccccc2)c1C(=N)N. The zero-order chi connectivity index (χ0) is 14.7. The van der Waals surface area contributed by atoms with Crippen LogP contribution in [0.5, 0.6) is 0 Å². The van der Waals surface area contributed by atoms with Crippen molar-refractivity contribution in [1.29, 1.82) is 5.41 Å². The second-order valence-electron chi connectivity index (χ2n) is 4.98. The maximum absolute atomic E-state index is 7.72. The van der Waals surface area contributed by atoms with E-state index in [-0.39, 0.29) is 5.84 Å². The van der Waals surface area contributed by atoms with E-state index in [0.717, 1.165) is 30.0 Å². The molecule has 2 aromatic rings. The van der Waals surface area contributed by atoms with Gasteiger partial charge in [0.05, 0.1) is 11.3 Å². The number of rotatable bonds is 5. The van der Waals surface area contributed by atoms with E-state index in [1.165, 1.54) is 5.56 Å². The summed E-state index contributed by atoms with van der Waals surface area (Å²) in [4.78, 5) is 2.10. The van der Waals surface area contributed by atoms with Crippen LogP contribution in [-0.2, 0) is 13.5 Å². The Labute approximate surface area is 119 Å². The molecule has 1 aromatic heterocycles. The van der Waals surface area contributed by atoms with Gasteiger partial charge in [-0.25, -0.2) is 0 Å². The van der Waals surface area contributed by atoms with Gasteiger partial charge in [-0.2, -0.15) is 5.10 Å². The third-order valence-electron chi connectivity index (χ3n) is 3.40. The smallest absolute Gasteiger partial charge is 0.137 e. The predicted molar refractivity (Wildman–Crippen MR) is 82.4 cm³/mol. The van der Waals surface area contributed by atoms with Crippen LogP contribution in [-0.4, -0.2) is 29.2 Å². The van der Waals surface area contributed by atoms with E-state index in [2.05, 4.69) is 22.1 Å². The molecule has 106 valence electrons. The Morgan fingerprint density at radius 2 is 2.00 bits per heavy atom. The van der Waals surface area contributed by atoms with Gasteiger partial charge in [-0.05, 0) is 18.9 Å². The molecule has 0 amide bonds. The lowest BCUT2D eigenvalue weighted by Crippen LogP contribution is -2.26. The molecule has 0 radical (unpaired) electrons. The Morgan fingerprint density at radius 1 is 1.35 bits per heavy atom. The van der Waals surface area contributed by atoms with Gasteiger partial charge in [-0.3, -0.25) is 10.1 Å². The van der Waals surface area contributed by atoms with Crippen molar-refractivity contribution in [1.82, 2.24) is 9.78 Å². The molecule has 0 spiro atoms. The first-order chi connectivity index (χ1) is 9.50. The molecule has 20 heavy (non-hydrogen) atoms. The Hall–Kier alpha value is -2.30. The van der Waals surface area contributed by atoms with Crippen LogP contribution in [0.1, 0.15) is 16.8 Å². The van der Waals surface area contributed by atoms with Gasteiger partial charge in [0.2, 0.25) is 0 Å². The van der Waals surface area contributed by atoms with E-state index >= 15 is 0 Å². The lowest BCUT2D eigenvalue weighted by atomic mass is 10.1. The third-order valence-corrected chi connectivity index (χ3v) is 3.40. The molecule has 0 bridgehead atoms. The number of aromatic nitrogens is 2. The van der Waals surface area contributed by atoms with Gasteiger partial charge in [-0.1, -0.05) is 30.3 Å². The first-order valence-corrected chi connectivity index (χ1v) is 6.63. The Bertz CT molecular complexity index is 600. The molecule has 0 aliphatic heterocycles. The number of likely N-dealkylation sites (N-methyl/N-ethyl adjacent to an activating group) is 1. The van der Waals surface area contributed by atoms with Gasteiger partial charge in [-0.15, -0.1) is 0 Å². The van der Waals surface area contributed by atoms with Gasteiger partial charge < -0.3 is 10.6 Å². The van der Waals surface area contributed by atoms with Crippen LogP contribution in [0.15, 0.2) is 30.3 Å². The van der Waals surface area contributed by atoms with Crippen molar-refractivity contribution in [3.05, 3.63) is 47.2 Å². The molecule has 0 aliphatic rings. The van der Waals surface area contributed by atoms with Crippen molar-refractivity contribution in [3.63, 3.8) is 0 Å². The lowest BCUT2D eigenvalue weighted by molar-refractivity contribution is 0.724. The van der Waals surface area contributed by atoms with Crippen LogP contribution < -0.4 is 10.6 Å². The number of nitrogens with one attached hydrogen (secondary N) is 1. The molecule has 2 rings (SSSR count). The maximum atomic E-state index is 7.72. The fraction of sp³-hybridized carbons (Fsp3) is 0.333. The average molecular weight is 271 g/mol. The van der Waals surface area contributed by atoms with Crippen LogP contribution in [0.25, 0.3) is 0 Å². The molecule has 3 N–H and O–H groups in total. The highest BCUT2D eigenvalue weighted by Crippen LogP contribution is 2.21. The second-order valence-corrected chi connectivity index (χ2v) is 4.98. The van der Waals surface area contributed by atoms with Gasteiger partial charge in [0.15, 0.2) is 0 Å². The topological polar surface area (TPSA) is 70.9 Å². The highest BCUT2D eigenvalue weighted by molar-refractivity contribution is 6.00. The molecule has 0 saturated heterocycles. The normalized spacial score (nSPS) is 10.6.